The van der Waals surface area contributed by atoms with Crippen LogP contribution in [-0.4, -0.2) is 18.9 Å². The molecule has 0 aliphatic heterocycles. The first-order valence-electron chi connectivity index (χ1n) is 6.92. The summed E-state index contributed by atoms with van der Waals surface area (Å²) in [6.07, 6.45) is 0. The highest BCUT2D eigenvalue weighted by atomic mass is 32.2. The molecule has 0 fully saturated rings. The highest BCUT2D eigenvalue weighted by Crippen LogP contribution is 2.28. The molecule has 0 amide bonds. The van der Waals surface area contributed by atoms with Crippen LogP contribution >= 0.6 is 0 Å². The predicted octanol–water partition coefficient (Wildman–Crippen LogP) is 1.84. The second-order valence-electron chi connectivity index (χ2n) is 5.05. The molecule has 3 rings (SSSR count). The fourth-order valence-electron chi connectivity index (χ4n) is 2.50. The minimum absolute atomic E-state index is 0.167. The van der Waals surface area contributed by atoms with Gasteiger partial charge in [0.05, 0.1) is 22.1 Å². The van der Waals surface area contributed by atoms with E-state index in [-0.39, 0.29) is 11.4 Å². The van der Waals surface area contributed by atoms with Gasteiger partial charge in [0, 0.05) is 11.9 Å². The molecular weight excluding hydrogens is 298 g/mol. The lowest BCUT2D eigenvalue weighted by atomic mass is 10.2. The summed E-state index contributed by atoms with van der Waals surface area (Å²) in [4.78, 5) is 0.224. The van der Waals surface area contributed by atoms with E-state index >= 15 is 0 Å². The van der Waals surface area contributed by atoms with Gasteiger partial charge in [0.25, 0.3) is 10.0 Å². The molecule has 0 radical (unpaired) electrons. The van der Waals surface area contributed by atoms with Gasteiger partial charge in [-0.2, -0.15) is 0 Å². The minimum atomic E-state index is -3.73. The van der Waals surface area contributed by atoms with Crippen LogP contribution in [0.2, 0.25) is 0 Å². The molecule has 1 heterocycles. The molecule has 1 aromatic heterocycles. The van der Waals surface area contributed by atoms with Gasteiger partial charge in [0.1, 0.15) is 0 Å². The van der Waals surface area contributed by atoms with Crippen molar-refractivity contribution in [2.45, 2.75) is 10.9 Å². The zero-order valence-electron chi connectivity index (χ0n) is 11.9. The Balaban J connectivity index is 2.34. The van der Waals surface area contributed by atoms with Crippen molar-refractivity contribution in [3.05, 3.63) is 66.4 Å². The van der Waals surface area contributed by atoms with E-state index in [0.717, 1.165) is 5.39 Å². The Kier molecular flexibility index (Phi) is 3.74. The number of nitrogens with zero attached hydrogens (tertiary/aromatic N) is 1. The van der Waals surface area contributed by atoms with E-state index < -0.39 is 16.1 Å². The second kappa shape index (κ2) is 5.57. The SMILES string of the molecule is NCC(N)c1cc2ccccc2n1S(=O)(=O)c1ccccc1. The van der Waals surface area contributed by atoms with E-state index in [4.69, 9.17) is 11.5 Å². The smallest absolute Gasteiger partial charge is 0.268 e. The normalized spacial score (nSPS) is 13.4. The van der Waals surface area contributed by atoms with Crippen molar-refractivity contribution in [1.82, 2.24) is 3.97 Å². The van der Waals surface area contributed by atoms with Crippen LogP contribution in [0.4, 0.5) is 0 Å². The van der Waals surface area contributed by atoms with Gasteiger partial charge >= 0.3 is 0 Å². The average molecular weight is 315 g/mol. The first-order chi connectivity index (χ1) is 10.6. The van der Waals surface area contributed by atoms with E-state index in [0.29, 0.717) is 11.2 Å². The summed E-state index contributed by atoms with van der Waals surface area (Å²) < 4.78 is 27.3. The topological polar surface area (TPSA) is 91.1 Å². The van der Waals surface area contributed by atoms with Crippen molar-refractivity contribution in [2.24, 2.45) is 11.5 Å². The highest BCUT2D eigenvalue weighted by Gasteiger charge is 2.24. The third-order valence-corrected chi connectivity index (χ3v) is 5.36. The van der Waals surface area contributed by atoms with Crippen molar-refractivity contribution < 1.29 is 8.42 Å². The van der Waals surface area contributed by atoms with E-state index in [1.165, 1.54) is 3.97 Å². The second-order valence-corrected chi connectivity index (χ2v) is 6.84. The number of benzene rings is 2. The molecule has 4 N–H and O–H groups in total. The molecule has 0 spiro atoms. The Labute approximate surface area is 129 Å². The van der Waals surface area contributed by atoms with E-state index in [1.807, 2.05) is 12.1 Å². The maximum atomic E-state index is 13.0. The zero-order valence-corrected chi connectivity index (χ0v) is 12.7. The van der Waals surface area contributed by atoms with Crippen LogP contribution < -0.4 is 11.5 Å². The van der Waals surface area contributed by atoms with Crippen LogP contribution in [0.3, 0.4) is 0 Å². The zero-order chi connectivity index (χ0) is 15.7. The van der Waals surface area contributed by atoms with E-state index in [1.54, 1.807) is 48.5 Å². The quantitative estimate of drug-likeness (QED) is 0.768. The number of rotatable bonds is 4. The van der Waals surface area contributed by atoms with Gasteiger partial charge < -0.3 is 11.5 Å². The standard InChI is InChI=1S/C16H17N3O2S/c17-11-14(18)16-10-12-6-4-5-9-15(12)19(16)22(20,21)13-7-2-1-3-8-13/h1-10,14H,11,17-18H2. The maximum Gasteiger partial charge on any atom is 0.268 e. The number of fused-ring (bicyclic) bond motifs is 1. The Morgan fingerprint density at radius 2 is 1.64 bits per heavy atom. The lowest BCUT2D eigenvalue weighted by Crippen LogP contribution is -2.26. The highest BCUT2D eigenvalue weighted by molar-refractivity contribution is 7.90. The molecule has 0 bridgehead atoms. The lowest BCUT2D eigenvalue weighted by Gasteiger charge is -2.15. The first kappa shape index (κ1) is 14.8. The van der Waals surface area contributed by atoms with Gasteiger partial charge in [-0.05, 0) is 24.3 Å². The molecular formula is C16H17N3O2S. The van der Waals surface area contributed by atoms with Crippen molar-refractivity contribution in [2.75, 3.05) is 6.54 Å². The van der Waals surface area contributed by atoms with Crippen LogP contribution in [0.5, 0.6) is 0 Å². The molecule has 3 aromatic rings. The fraction of sp³-hybridized carbons (Fsp3) is 0.125. The largest absolute Gasteiger partial charge is 0.329 e. The molecule has 22 heavy (non-hydrogen) atoms. The number of hydrogen-bond donors (Lipinski definition) is 2. The fourth-order valence-corrected chi connectivity index (χ4v) is 4.10. The average Bonchev–Trinajstić information content (AvgIpc) is 2.95. The predicted molar refractivity (Wildman–Crippen MR) is 86.9 cm³/mol. The molecule has 0 aliphatic rings. The van der Waals surface area contributed by atoms with Crippen LogP contribution in [0.25, 0.3) is 10.9 Å². The van der Waals surface area contributed by atoms with Gasteiger partial charge in [0.2, 0.25) is 0 Å². The first-order valence-corrected chi connectivity index (χ1v) is 8.36. The van der Waals surface area contributed by atoms with Gasteiger partial charge in [-0.15, -0.1) is 0 Å². The summed E-state index contributed by atoms with van der Waals surface area (Å²) in [5, 5.41) is 0.820. The molecule has 2 aromatic carbocycles. The van der Waals surface area contributed by atoms with Crippen LogP contribution in [-0.2, 0) is 10.0 Å². The number of hydrogen-bond acceptors (Lipinski definition) is 4. The van der Waals surface area contributed by atoms with E-state index in [9.17, 15) is 8.42 Å². The molecule has 0 saturated heterocycles. The number of nitrogens with two attached hydrogens (primary N) is 2. The minimum Gasteiger partial charge on any atom is -0.329 e. The molecule has 5 nitrogen and oxygen atoms in total. The van der Waals surface area contributed by atoms with Crippen LogP contribution in [0.1, 0.15) is 11.7 Å². The summed E-state index contributed by atoms with van der Waals surface area (Å²) >= 11 is 0. The Bertz CT molecular complexity index is 902. The van der Waals surface area contributed by atoms with Crippen molar-refractivity contribution in [1.29, 1.82) is 0 Å². The lowest BCUT2D eigenvalue weighted by molar-refractivity contribution is 0.582. The molecule has 1 atom stereocenters. The monoisotopic (exact) mass is 315 g/mol. The summed E-state index contributed by atoms with van der Waals surface area (Å²) in [6, 6.07) is 16.8. The van der Waals surface area contributed by atoms with Crippen LogP contribution in [0, 0.1) is 0 Å². The summed E-state index contributed by atoms with van der Waals surface area (Å²) in [7, 11) is -3.73. The molecule has 6 heteroatoms. The van der Waals surface area contributed by atoms with Gasteiger partial charge in [0.15, 0.2) is 0 Å². The number of para-hydroxylation sites is 1. The Morgan fingerprint density at radius 3 is 2.32 bits per heavy atom. The van der Waals surface area contributed by atoms with Gasteiger partial charge in [-0.25, -0.2) is 12.4 Å². The third-order valence-electron chi connectivity index (χ3n) is 3.61. The maximum absolute atomic E-state index is 13.0. The Hall–Kier alpha value is -2.15. The van der Waals surface area contributed by atoms with Gasteiger partial charge in [-0.1, -0.05) is 36.4 Å². The molecule has 1 unspecified atom stereocenters. The van der Waals surface area contributed by atoms with Gasteiger partial charge in [-0.3, -0.25) is 0 Å². The molecule has 0 saturated carbocycles. The Morgan fingerprint density at radius 1 is 1.00 bits per heavy atom. The molecule has 0 aliphatic carbocycles. The number of aromatic nitrogens is 1. The third kappa shape index (κ3) is 2.31. The van der Waals surface area contributed by atoms with Crippen LogP contribution in [0.15, 0.2) is 65.6 Å². The summed E-state index contributed by atoms with van der Waals surface area (Å²) in [5.74, 6) is 0. The molecule has 114 valence electrons. The van der Waals surface area contributed by atoms with Crippen molar-refractivity contribution in [3.63, 3.8) is 0 Å². The van der Waals surface area contributed by atoms with E-state index in [2.05, 4.69) is 0 Å². The summed E-state index contributed by atoms with van der Waals surface area (Å²) in [6.45, 7) is 0.167. The summed E-state index contributed by atoms with van der Waals surface area (Å²) in [5.41, 5.74) is 12.8. The van der Waals surface area contributed by atoms with Crippen molar-refractivity contribution >= 4 is 20.9 Å². The van der Waals surface area contributed by atoms with Crippen molar-refractivity contribution in [3.8, 4) is 0 Å².